The second-order valence-electron chi connectivity index (χ2n) is 3.91. The van der Waals surface area contributed by atoms with Gasteiger partial charge in [-0.1, -0.05) is 30.3 Å². The Hall–Kier alpha value is -0.900. The van der Waals surface area contributed by atoms with Crippen molar-refractivity contribution in [1.82, 2.24) is 10.6 Å². The Kier molecular flexibility index (Phi) is 3.72. The summed E-state index contributed by atoms with van der Waals surface area (Å²) in [4.78, 5) is 0. The number of benzene rings is 1. The molecule has 0 bridgehead atoms. The van der Waals surface area contributed by atoms with Gasteiger partial charge in [0.1, 0.15) is 0 Å². The Bertz CT molecular complexity index is 289. The number of rotatable bonds is 4. The fourth-order valence-corrected chi connectivity index (χ4v) is 1.95. The molecule has 1 fully saturated rings. The zero-order chi connectivity index (χ0) is 10.5. The van der Waals surface area contributed by atoms with E-state index in [9.17, 15) is 0 Å². The second kappa shape index (κ2) is 5.26. The zero-order valence-electron chi connectivity index (χ0n) is 9.07. The summed E-state index contributed by atoms with van der Waals surface area (Å²) in [5.74, 6) is 0. The van der Waals surface area contributed by atoms with Crippen LogP contribution in [0.15, 0.2) is 30.3 Å². The van der Waals surface area contributed by atoms with E-state index in [2.05, 4.69) is 34.9 Å². The van der Waals surface area contributed by atoms with Gasteiger partial charge < -0.3 is 15.4 Å². The minimum absolute atomic E-state index is 0.300. The molecule has 1 aromatic carbocycles. The first kappa shape index (κ1) is 10.6. The van der Waals surface area contributed by atoms with E-state index >= 15 is 0 Å². The number of nitrogens with one attached hydrogen (secondary N) is 2. The first-order valence-electron chi connectivity index (χ1n) is 5.41. The molecule has 0 radical (unpaired) electrons. The lowest BCUT2D eigenvalue weighted by molar-refractivity contribution is 0.0959. The molecule has 2 rings (SSSR count). The summed E-state index contributed by atoms with van der Waals surface area (Å²) >= 11 is 0. The Balaban J connectivity index is 1.83. The SMILES string of the molecule is CO[C@H]1CNC[C@H]1NCc1ccccc1. The maximum Gasteiger partial charge on any atom is 0.0860 e. The number of methoxy groups -OCH3 is 1. The molecule has 2 N–H and O–H groups in total. The van der Waals surface area contributed by atoms with Crippen LogP contribution in [0.1, 0.15) is 5.56 Å². The molecular weight excluding hydrogens is 188 g/mol. The third kappa shape index (κ3) is 2.78. The third-order valence-electron chi connectivity index (χ3n) is 2.87. The average molecular weight is 206 g/mol. The number of hydrogen-bond acceptors (Lipinski definition) is 3. The van der Waals surface area contributed by atoms with Crippen LogP contribution in [0.3, 0.4) is 0 Å². The standard InChI is InChI=1S/C12H18N2O/c1-15-12-9-13-8-11(12)14-7-10-5-3-2-4-6-10/h2-6,11-14H,7-9H2,1H3/t11-,12+/m1/s1. The van der Waals surface area contributed by atoms with E-state index in [1.165, 1.54) is 5.56 Å². The topological polar surface area (TPSA) is 33.3 Å². The van der Waals surface area contributed by atoms with Crippen molar-refractivity contribution in [2.45, 2.75) is 18.7 Å². The molecular formula is C12H18N2O. The van der Waals surface area contributed by atoms with Gasteiger partial charge in [0, 0.05) is 32.8 Å². The summed E-state index contributed by atoms with van der Waals surface area (Å²) in [6.45, 7) is 2.85. The van der Waals surface area contributed by atoms with Gasteiger partial charge in [0.2, 0.25) is 0 Å². The van der Waals surface area contributed by atoms with Gasteiger partial charge in [-0.25, -0.2) is 0 Å². The predicted octanol–water partition coefficient (Wildman–Crippen LogP) is 0.763. The van der Waals surface area contributed by atoms with E-state index < -0.39 is 0 Å². The molecule has 0 spiro atoms. The molecule has 0 unspecified atom stereocenters. The van der Waals surface area contributed by atoms with Crippen LogP contribution < -0.4 is 10.6 Å². The van der Waals surface area contributed by atoms with Crippen LogP contribution in [0.2, 0.25) is 0 Å². The molecule has 0 aliphatic carbocycles. The molecule has 15 heavy (non-hydrogen) atoms. The van der Waals surface area contributed by atoms with Crippen LogP contribution in [0.4, 0.5) is 0 Å². The maximum atomic E-state index is 5.39. The molecule has 1 aromatic rings. The van der Waals surface area contributed by atoms with Gasteiger partial charge >= 0.3 is 0 Å². The molecule has 1 saturated heterocycles. The van der Waals surface area contributed by atoms with Crippen molar-refractivity contribution in [2.75, 3.05) is 20.2 Å². The summed E-state index contributed by atoms with van der Waals surface area (Å²) < 4.78 is 5.39. The summed E-state index contributed by atoms with van der Waals surface area (Å²) in [7, 11) is 1.77. The Morgan fingerprint density at radius 3 is 2.87 bits per heavy atom. The average Bonchev–Trinajstić information content (AvgIpc) is 2.75. The molecule has 1 heterocycles. The third-order valence-corrected chi connectivity index (χ3v) is 2.87. The lowest BCUT2D eigenvalue weighted by Crippen LogP contribution is -2.39. The van der Waals surface area contributed by atoms with E-state index in [1.807, 2.05) is 6.07 Å². The minimum Gasteiger partial charge on any atom is -0.378 e. The molecule has 3 nitrogen and oxygen atoms in total. The van der Waals surface area contributed by atoms with E-state index in [0.717, 1.165) is 19.6 Å². The monoisotopic (exact) mass is 206 g/mol. The van der Waals surface area contributed by atoms with E-state index in [-0.39, 0.29) is 0 Å². The summed E-state index contributed by atoms with van der Waals surface area (Å²) in [6.07, 6.45) is 0.300. The molecule has 3 heteroatoms. The van der Waals surface area contributed by atoms with E-state index in [4.69, 9.17) is 4.74 Å². The molecule has 1 aliphatic heterocycles. The second-order valence-corrected chi connectivity index (χ2v) is 3.91. The molecule has 82 valence electrons. The van der Waals surface area contributed by atoms with Crippen LogP contribution in [0, 0.1) is 0 Å². The molecule has 1 aliphatic rings. The molecule has 0 amide bonds. The van der Waals surface area contributed by atoms with Crippen molar-refractivity contribution in [3.8, 4) is 0 Å². The first-order chi connectivity index (χ1) is 7.40. The van der Waals surface area contributed by atoms with E-state index in [0.29, 0.717) is 12.1 Å². The van der Waals surface area contributed by atoms with Gasteiger partial charge in [0.05, 0.1) is 6.10 Å². The van der Waals surface area contributed by atoms with Crippen molar-refractivity contribution >= 4 is 0 Å². The van der Waals surface area contributed by atoms with Crippen LogP contribution in [-0.2, 0) is 11.3 Å². The lowest BCUT2D eigenvalue weighted by Gasteiger charge is -2.18. The maximum absolute atomic E-state index is 5.39. The Morgan fingerprint density at radius 1 is 1.33 bits per heavy atom. The minimum atomic E-state index is 0.300. The predicted molar refractivity (Wildman–Crippen MR) is 60.7 cm³/mol. The quantitative estimate of drug-likeness (QED) is 0.763. The molecule has 0 aromatic heterocycles. The zero-order valence-corrected chi connectivity index (χ0v) is 9.07. The van der Waals surface area contributed by atoms with Gasteiger partial charge in [0.15, 0.2) is 0 Å². The van der Waals surface area contributed by atoms with Crippen LogP contribution in [0.25, 0.3) is 0 Å². The highest BCUT2D eigenvalue weighted by molar-refractivity contribution is 5.14. The fraction of sp³-hybridized carbons (Fsp3) is 0.500. The van der Waals surface area contributed by atoms with Crippen LogP contribution >= 0.6 is 0 Å². The number of ether oxygens (including phenoxy) is 1. The largest absolute Gasteiger partial charge is 0.378 e. The fourth-order valence-electron chi connectivity index (χ4n) is 1.95. The van der Waals surface area contributed by atoms with E-state index in [1.54, 1.807) is 7.11 Å². The highest BCUT2D eigenvalue weighted by Gasteiger charge is 2.25. The van der Waals surface area contributed by atoms with Gasteiger partial charge in [-0.05, 0) is 5.56 Å². The molecule has 0 saturated carbocycles. The molecule has 2 atom stereocenters. The van der Waals surface area contributed by atoms with Gasteiger partial charge in [-0.15, -0.1) is 0 Å². The Morgan fingerprint density at radius 2 is 2.13 bits per heavy atom. The normalized spacial score (nSPS) is 25.7. The lowest BCUT2D eigenvalue weighted by atomic mass is 10.2. The summed E-state index contributed by atoms with van der Waals surface area (Å²) in [5, 5.41) is 6.83. The summed E-state index contributed by atoms with van der Waals surface area (Å²) in [6, 6.07) is 10.9. The van der Waals surface area contributed by atoms with Crippen molar-refractivity contribution in [3.05, 3.63) is 35.9 Å². The van der Waals surface area contributed by atoms with Crippen LogP contribution in [0.5, 0.6) is 0 Å². The highest BCUT2D eigenvalue weighted by Crippen LogP contribution is 2.05. The number of hydrogen-bond donors (Lipinski definition) is 2. The van der Waals surface area contributed by atoms with Gasteiger partial charge in [-0.2, -0.15) is 0 Å². The van der Waals surface area contributed by atoms with Crippen molar-refractivity contribution < 1.29 is 4.74 Å². The van der Waals surface area contributed by atoms with Crippen LogP contribution in [-0.4, -0.2) is 32.3 Å². The van der Waals surface area contributed by atoms with Crippen molar-refractivity contribution in [3.63, 3.8) is 0 Å². The van der Waals surface area contributed by atoms with Gasteiger partial charge in [-0.3, -0.25) is 0 Å². The van der Waals surface area contributed by atoms with Crippen molar-refractivity contribution in [1.29, 1.82) is 0 Å². The summed E-state index contributed by atoms with van der Waals surface area (Å²) in [5.41, 5.74) is 1.32. The Labute approximate surface area is 90.8 Å². The first-order valence-corrected chi connectivity index (χ1v) is 5.41. The highest BCUT2D eigenvalue weighted by atomic mass is 16.5. The van der Waals surface area contributed by atoms with Crippen molar-refractivity contribution in [2.24, 2.45) is 0 Å². The smallest absolute Gasteiger partial charge is 0.0860 e. The van der Waals surface area contributed by atoms with Gasteiger partial charge in [0.25, 0.3) is 0 Å².